The normalized spacial score (nSPS) is 9.53. The van der Waals surface area contributed by atoms with E-state index in [1.807, 2.05) is 6.07 Å². The second-order valence-electron chi connectivity index (χ2n) is 3.25. The van der Waals surface area contributed by atoms with Gasteiger partial charge in [-0.25, -0.2) is 4.79 Å². The van der Waals surface area contributed by atoms with Crippen LogP contribution < -0.4 is 5.32 Å². The van der Waals surface area contributed by atoms with Crippen molar-refractivity contribution in [3.8, 4) is 6.07 Å². The maximum atomic E-state index is 11.3. The molecule has 0 spiro atoms. The van der Waals surface area contributed by atoms with E-state index in [0.717, 1.165) is 0 Å². The monoisotopic (exact) mass is 236 g/mol. The summed E-state index contributed by atoms with van der Waals surface area (Å²) in [7, 11) is 0. The van der Waals surface area contributed by atoms with Gasteiger partial charge >= 0.3 is 6.09 Å². The number of hydrogen-bond acceptors (Lipinski definition) is 5. The summed E-state index contributed by atoms with van der Waals surface area (Å²) in [6.07, 6.45) is -0.729. The summed E-state index contributed by atoms with van der Waals surface area (Å²) >= 11 is 0. The molecular formula is C11H12N2O4. The second kappa shape index (κ2) is 5.16. The third-order valence-corrected chi connectivity index (χ3v) is 2.04. The van der Waals surface area contributed by atoms with Crippen molar-refractivity contribution in [2.24, 2.45) is 0 Å². The van der Waals surface area contributed by atoms with Crippen molar-refractivity contribution in [2.75, 3.05) is 11.9 Å². The molecule has 0 aliphatic carbocycles. The molecule has 1 aromatic rings. The molecule has 0 aromatic carbocycles. The molecule has 0 saturated heterocycles. The number of nitrogens with zero attached hydrogens (tertiary/aromatic N) is 1. The molecular weight excluding hydrogens is 224 g/mol. The molecule has 0 aliphatic heterocycles. The second-order valence-corrected chi connectivity index (χ2v) is 3.25. The Labute approximate surface area is 98.2 Å². The van der Waals surface area contributed by atoms with Gasteiger partial charge in [-0.2, -0.15) is 5.26 Å². The van der Waals surface area contributed by atoms with Gasteiger partial charge < -0.3 is 9.15 Å². The number of nitrogens with one attached hydrogen (secondary N) is 1. The van der Waals surface area contributed by atoms with Gasteiger partial charge in [0.1, 0.15) is 17.4 Å². The Morgan fingerprint density at radius 3 is 2.65 bits per heavy atom. The minimum absolute atomic E-state index is 0.0167. The molecule has 90 valence electrons. The van der Waals surface area contributed by atoms with Crippen LogP contribution in [0.1, 0.15) is 35.5 Å². The number of carbonyl (C=O) groups is 2. The standard InChI is InChI=1S/C11H12N2O4/c1-4-16-11(15)13-10-8(5-12)9(6(2)14)7(3)17-10/h4H2,1-3H3,(H,13,15). The first-order valence-corrected chi connectivity index (χ1v) is 4.99. The first-order valence-electron chi connectivity index (χ1n) is 4.99. The van der Waals surface area contributed by atoms with Crippen LogP contribution in [0.15, 0.2) is 4.42 Å². The van der Waals surface area contributed by atoms with E-state index >= 15 is 0 Å². The smallest absolute Gasteiger partial charge is 0.414 e. The average Bonchev–Trinajstić information content (AvgIpc) is 2.54. The number of ketones is 1. The molecule has 1 heterocycles. The molecule has 0 aliphatic rings. The number of amides is 1. The van der Waals surface area contributed by atoms with Gasteiger partial charge in [-0.15, -0.1) is 0 Å². The average molecular weight is 236 g/mol. The van der Waals surface area contributed by atoms with Gasteiger partial charge in [0, 0.05) is 0 Å². The molecule has 0 unspecified atom stereocenters. The Hall–Kier alpha value is -2.29. The van der Waals surface area contributed by atoms with E-state index in [4.69, 9.17) is 9.68 Å². The zero-order valence-corrected chi connectivity index (χ0v) is 9.79. The van der Waals surface area contributed by atoms with Crippen molar-refractivity contribution in [2.45, 2.75) is 20.8 Å². The maximum absolute atomic E-state index is 11.3. The van der Waals surface area contributed by atoms with E-state index in [0.29, 0.717) is 5.76 Å². The highest BCUT2D eigenvalue weighted by molar-refractivity contribution is 6.00. The Bertz CT molecular complexity index is 496. The number of nitriles is 1. The predicted molar refractivity (Wildman–Crippen MR) is 58.8 cm³/mol. The van der Waals surface area contributed by atoms with E-state index < -0.39 is 6.09 Å². The Kier molecular flexibility index (Phi) is 3.88. The minimum Gasteiger partial charge on any atom is -0.450 e. The zero-order valence-electron chi connectivity index (χ0n) is 9.79. The van der Waals surface area contributed by atoms with Crippen LogP contribution >= 0.6 is 0 Å². The highest BCUT2D eigenvalue weighted by Gasteiger charge is 2.22. The summed E-state index contributed by atoms with van der Waals surface area (Å²) in [5.41, 5.74) is 0.197. The van der Waals surface area contributed by atoms with Gasteiger partial charge in [0.25, 0.3) is 0 Å². The summed E-state index contributed by atoms with van der Waals surface area (Å²) in [5, 5.41) is 11.2. The molecule has 0 saturated carbocycles. The van der Waals surface area contributed by atoms with Crippen LogP contribution in [0.25, 0.3) is 0 Å². The number of carbonyl (C=O) groups excluding carboxylic acids is 2. The van der Waals surface area contributed by atoms with Crippen molar-refractivity contribution in [3.05, 3.63) is 16.9 Å². The summed E-state index contributed by atoms with van der Waals surface area (Å²) < 4.78 is 9.81. The predicted octanol–water partition coefficient (Wildman–Crippen LogP) is 2.23. The molecule has 6 heteroatoms. The quantitative estimate of drug-likeness (QED) is 0.812. The fourth-order valence-corrected chi connectivity index (χ4v) is 1.42. The Morgan fingerprint density at radius 1 is 1.53 bits per heavy atom. The van der Waals surface area contributed by atoms with Gasteiger partial charge in [-0.05, 0) is 20.8 Å². The van der Waals surface area contributed by atoms with Crippen molar-refractivity contribution < 1.29 is 18.7 Å². The van der Waals surface area contributed by atoms with Crippen LogP contribution in [0.2, 0.25) is 0 Å². The number of furan rings is 1. The maximum Gasteiger partial charge on any atom is 0.414 e. The molecule has 0 atom stereocenters. The largest absolute Gasteiger partial charge is 0.450 e. The lowest BCUT2D eigenvalue weighted by Gasteiger charge is -2.01. The van der Waals surface area contributed by atoms with Crippen molar-refractivity contribution in [1.29, 1.82) is 5.26 Å². The van der Waals surface area contributed by atoms with Gasteiger partial charge in [0.05, 0.1) is 12.2 Å². The molecule has 1 N–H and O–H groups in total. The number of hydrogen-bond donors (Lipinski definition) is 1. The fourth-order valence-electron chi connectivity index (χ4n) is 1.42. The van der Waals surface area contributed by atoms with Crippen LogP contribution in [-0.2, 0) is 4.74 Å². The molecule has 1 aromatic heterocycles. The Balaban J connectivity index is 3.10. The first kappa shape index (κ1) is 12.8. The molecule has 17 heavy (non-hydrogen) atoms. The molecule has 1 amide bonds. The van der Waals surface area contributed by atoms with E-state index in [1.54, 1.807) is 13.8 Å². The van der Waals surface area contributed by atoms with E-state index in [-0.39, 0.29) is 29.4 Å². The fraction of sp³-hybridized carbons (Fsp3) is 0.364. The van der Waals surface area contributed by atoms with Crippen molar-refractivity contribution >= 4 is 17.8 Å². The lowest BCUT2D eigenvalue weighted by molar-refractivity contribution is 0.101. The van der Waals surface area contributed by atoms with Crippen LogP contribution in [0, 0.1) is 18.3 Å². The van der Waals surface area contributed by atoms with Gasteiger partial charge in [-0.1, -0.05) is 0 Å². The number of rotatable bonds is 3. The van der Waals surface area contributed by atoms with Crippen LogP contribution in [0.5, 0.6) is 0 Å². The highest BCUT2D eigenvalue weighted by Crippen LogP contribution is 2.26. The van der Waals surface area contributed by atoms with Crippen LogP contribution in [0.3, 0.4) is 0 Å². The summed E-state index contributed by atoms with van der Waals surface area (Å²) in [5.74, 6) is -0.0609. The number of anilines is 1. The van der Waals surface area contributed by atoms with E-state index in [1.165, 1.54) is 6.92 Å². The number of ether oxygens (including phenoxy) is 1. The van der Waals surface area contributed by atoms with Gasteiger partial charge in [0.2, 0.25) is 5.88 Å². The van der Waals surface area contributed by atoms with Crippen LogP contribution in [0.4, 0.5) is 10.7 Å². The summed E-state index contributed by atoms with van der Waals surface area (Å²) in [6.45, 7) is 4.73. The summed E-state index contributed by atoms with van der Waals surface area (Å²) in [6, 6.07) is 1.83. The SMILES string of the molecule is CCOC(=O)Nc1oc(C)c(C(C)=O)c1C#N. The third kappa shape index (κ3) is 2.64. The Morgan fingerprint density at radius 2 is 2.18 bits per heavy atom. The molecule has 6 nitrogen and oxygen atoms in total. The molecule has 1 rings (SSSR count). The summed E-state index contributed by atoms with van der Waals surface area (Å²) in [4.78, 5) is 22.5. The molecule has 0 fully saturated rings. The van der Waals surface area contributed by atoms with E-state index in [2.05, 4.69) is 10.1 Å². The topological polar surface area (TPSA) is 92.3 Å². The van der Waals surface area contributed by atoms with Crippen molar-refractivity contribution in [3.63, 3.8) is 0 Å². The van der Waals surface area contributed by atoms with Crippen LogP contribution in [-0.4, -0.2) is 18.5 Å². The molecule has 0 bridgehead atoms. The lowest BCUT2D eigenvalue weighted by atomic mass is 10.1. The van der Waals surface area contributed by atoms with E-state index in [9.17, 15) is 9.59 Å². The first-order chi connectivity index (χ1) is 8.01. The highest BCUT2D eigenvalue weighted by atomic mass is 16.5. The number of Topliss-reactive ketones (excluding diaryl/α,β-unsaturated/α-hetero) is 1. The molecule has 0 radical (unpaired) electrons. The lowest BCUT2D eigenvalue weighted by Crippen LogP contribution is -2.13. The third-order valence-electron chi connectivity index (χ3n) is 2.04. The van der Waals surface area contributed by atoms with Gasteiger partial charge in [-0.3, -0.25) is 10.1 Å². The van der Waals surface area contributed by atoms with Gasteiger partial charge in [0.15, 0.2) is 5.78 Å². The minimum atomic E-state index is -0.729. The zero-order chi connectivity index (χ0) is 13.0. The number of aryl methyl sites for hydroxylation is 1. The van der Waals surface area contributed by atoms with Crippen molar-refractivity contribution in [1.82, 2.24) is 0 Å².